The van der Waals surface area contributed by atoms with Gasteiger partial charge < -0.3 is 18.4 Å². The Balaban J connectivity index is 1.64. The Morgan fingerprint density at radius 3 is 1.90 bits per heavy atom. The summed E-state index contributed by atoms with van der Waals surface area (Å²) >= 11 is 0. The van der Waals surface area contributed by atoms with Crippen LogP contribution in [0.3, 0.4) is 0 Å². The van der Waals surface area contributed by atoms with Crippen molar-refractivity contribution >= 4 is 39.4 Å². The molecular formula is C41H57NO5Si2. The number of carbonyl (C=O) groups excluding carboxylic acids is 2. The minimum atomic E-state index is -2.74. The number of benzene rings is 3. The van der Waals surface area contributed by atoms with Crippen molar-refractivity contribution in [3.63, 3.8) is 0 Å². The van der Waals surface area contributed by atoms with Gasteiger partial charge in [0.25, 0.3) is 8.32 Å². The molecule has 8 heteroatoms. The summed E-state index contributed by atoms with van der Waals surface area (Å²) in [5, 5.41) is 2.32. The molecule has 0 saturated carbocycles. The number of aldehydes is 1. The second-order valence-electron chi connectivity index (χ2n) is 15.9. The molecule has 0 radical (unpaired) electrons. The van der Waals surface area contributed by atoms with Gasteiger partial charge in [-0.2, -0.15) is 0 Å². The highest BCUT2D eigenvalue weighted by molar-refractivity contribution is 6.99. The van der Waals surface area contributed by atoms with Crippen LogP contribution in [-0.2, 0) is 25.0 Å². The van der Waals surface area contributed by atoms with Gasteiger partial charge in [0.1, 0.15) is 12.9 Å². The van der Waals surface area contributed by atoms with E-state index in [0.717, 1.165) is 11.8 Å². The molecule has 0 fully saturated rings. The largest absolute Gasteiger partial charge is 0.445 e. The molecule has 3 aromatic rings. The standard InChI is InChI=1S/C41H57NO5Si2/c1-39(2,3)48(7,8)47-33-35-22-18-27-41(29-30-43,42(35)38(44)45-32-34-20-12-9-13-21-34)28-19-31-46-49(40(4,5)6,36-23-14-10-15-24-36)37-25-16-11-17-26-37/h9-18,20-21,23-27,30,35H,19,22,28-29,31-33H2,1-8H3/t35-,41+/m1/s1. The van der Waals surface area contributed by atoms with Gasteiger partial charge in [-0.1, -0.05) is 145 Å². The van der Waals surface area contributed by atoms with E-state index in [0.29, 0.717) is 32.5 Å². The van der Waals surface area contributed by atoms with Crippen LogP contribution in [0.1, 0.15) is 72.8 Å². The van der Waals surface area contributed by atoms with Gasteiger partial charge in [0.05, 0.1) is 18.2 Å². The number of nitrogens with zero attached hydrogens (tertiary/aromatic N) is 1. The van der Waals surface area contributed by atoms with Crippen LogP contribution in [0, 0.1) is 0 Å². The molecule has 0 unspecified atom stereocenters. The van der Waals surface area contributed by atoms with Crippen molar-refractivity contribution in [2.75, 3.05) is 13.2 Å². The average Bonchev–Trinajstić information content (AvgIpc) is 3.07. The first kappa shape index (κ1) is 38.5. The lowest BCUT2D eigenvalue weighted by Gasteiger charge is -2.48. The third-order valence-electron chi connectivity index (χ3n) is 10.5. The van der Waals surface area contributed by atoms with Crippen LogP contribution in [-0.4, -0.2) is 58.7 Å². The van der Waals surface area contributed by atoms with E-state index >= 15 is 0 Å². The second-order valence-corrected chi connectivity index (χ2v) is 25.0. The minimum Gasteiger partial charge on any atom is -0.445 e. The molecule has 6 nitrogen and oxygen atoms in total. The Kier molecular flexibility index (Phi) is 12.7. The van der Waals surface area contributed by atoms with Gasteiger partial charge in [-0.25, -0.2) is 4.79 Å². The number of amides is 1. The zero-order valence-electron chi connectivity index (χ0n) is 30.9. The predicted molar refractivity (Wildman–Crippen MR) is 205 cm³/mol. The number of rotatable bonds is 14. The minimum absolute atomic E-state index is 0.0221. The maximum atomic E-state index is 14.2. The summed E-state index contributed by atoms with van der Waals surface area (Å²) in [7, 11) is -4.85. The molecule has 0 N–H and O–H groups in total. The van der Waals surface area contributed by atoms with Crippen LogP contribution < -0.4 is 10.4 Å². The number of carbonyl (C=O) groups is 2. The van der Waals surface area contributed by atoms with Crippen molar-refractivity contribution in [2.24, 2.45) is 0 Å². The third kappa shape index (κ3) is 8.90. The first-order chi connectivity index (χ1) is 23.2. The number of hydrogen-bond acceptors (Lipinski definition) is 5. The van der Waals surface area contributed by atoms with Crippen molar-refractivity contribution in [3.05, 3.63) is 109 Å². The Morgan fingerprint density at radius 2 is 1.39 bits per heavy atom. The van der Waals surface area contributed by atoms with Gasteiger partial charge >= 0.3 is 6.09 Å². The summed E-state index contributed by atoms with van der Waals surface area (Å²) in [4.78, 5) is 28.4. The van der Waals surface area contributed by atoms with Crippen LogP contribution in [0.25, 0.3) is 0 Å². The molecule has 49 heavy (non-hydrogen) atoms. The first-order valence-electron chi connectivity index (χ1n) is 17.7. The highest BCUT2D eigenvalue weighted by atomic mass is 28.4. The summed E-state index contributed by atoms with van der Waals surface area (Å²) in [6, 6.07) is 30.7. The van der Waals surface area contributed by atoms with Crippen molar-refractivity contribution in [1.82, 2.24) is 4.90 Å². The molecule has 0 aliphatic carbocycles. The Morgan fingerprint density at radius 1 is 0.837 bits per heavy atom. The van der Waals surface area contributed by atoms with Gasteiger partial charge in [-0.05, 0) is 58.4 Å². The fraction of sp³-hybridized carbons (Fsp3) is 0.463. The van der Waals surface area contributed by atoms with Crippen LogP contribution in [0.4, 0.5) is 4.79 Å². The Bertz CT molecular complexity index is 1480. The lowest BCUT2D eigenvalue weighted by Crippen LogP contribution is -2.66. The van der Waals surface area contributed by atoms with Gasteiger partial charge in [0.2, 0.25) is 0 Å². The first-order valence-corrected chi connectivity index (χ1v) is 22.5. The predicted octanol–water partition coefficient (Wildman–Crippen LogP) is 8.66. The summed E-state index contributed by atoms with van der Waals surface area (Å²) < 4.78 is 19.9. The second kappa shape index (κ2) is 16.1. The molecule has 3 aromatic carbocycles. The van der Waals surface area contributed by atoms with Crippen LogP contribution >= 0.6 is 0 Å². The monoisotopic (exact) mass is 699 g/mol. The van der Waals surface area contributed by atoms with Gasteiger partial charge in [-0.15, -0.1) is 0 Å². The summed E-state index contributed by atoms with van der Waals surface area (Å²) in [6.07, 6.45) is 6.69. The van der Waals surface area contributed by atoms with E-state index in [1.54, 1.807) is 0 Å². The summed E-state index contributed by atoms with van der Waals surface area (Å²) in [5.41, 5.74) is 0.0569. The van der Waals surface area contributed by atoms with Gasteiger partial charge in [0, 0.05) is 13.0 Å². The third-order valence-corrected chi connectivity index (χ3v) is 20.0. The molecule has 1 aliphatic heterocycles. The Hall–Kier alpha value is -3.31. The van der Waals surface area contributed by atoms with E-state index < -0.39 is 28.3 Å². The zero-order chi connectivity index (χ0) is 35.8. The highest BCUT2D eigenvalue weighted by Gasteiger charge is 2.51. The van der Waals surface area contributed by atoms with Crippen LogP contribution in [0.15, 0.2) is 103 Å². The maximum Gasteiger partial charge on any atom is 0.411 e. The quantitative estimate of drug-likeness (QED) is 0.0730. The highest BCUT2D eigenvalue weighted by Crippen LogP contribution is 2.40. The smallest absolute Gasteiger partial charge is 0.411 e. The van der Waals surface area contributed by atoms with Crippen molar-refractivity contribution in [2.45, 2.75) is 109 Å². The lowest BCUT2D eigenvalue weighted by atomic mass is 9.83. The van der Waals surface area contributed by atoms with Gasteiger partial charge in [0.15, 0.2) is 8.32 Å². The van der Waals surface area contributed by atoms with Gasteiger partial charge in [-0.3, -0.25) is 4.90 Å². The van der Waals surface area contributed by atoms with Crippen LogP contribution in [0.2, 0.25) is 23.2 Å². The van der Waals surface area contributed by atoms with E-state index in [-0.39, 0.29) is 29.1 Å². The molecule has 1 aliphatic rings. The molecule has 0 bridgehead atoms. The molecule has 1 heterocycles. The molecular weight excluding hydrogens is 643 g/mol. The van der Waals surface area contributed by atoms with E-state index in [4.69, 9.17) is 13.6 Å². The Labute approximate surface area is 297 Å². The maximum absolute atomic E-state index is 14.2. The molecule has 2 atom stereocenters. The zero-order valence-corrected chi connectivity index (χ0v) is 32.9. The number of hydrogen-bond donors (Lipinski definition) is 0. The molecule has 0 spiro atoms. The van der Waals surface area contributed by atoms with Crippen LogP contribution in [0.5, 0.6) is 0 Å². The molecule has 0 saturated heterocycles. The molecule has 0 aromatic heterocycles. The molecule has 4 rings (SSSR count). The topological polar surface area (TPSA) is 65.1 Å². The fourth-order valence-electron chi connectivity index (χ4n) is 6.76. The fourth-order valence-corrected chi connectivity index (χ4v) is 12.4. The molecule has 264 valence electrons. The van der Waals surface area contributed by atoms with E-state index in [1.165, 1.54) is 10.4 Å². The van der Waals surface area contributed by atoms with Crippen molar-refractivity contribution in [3.8, 4) is 0 Å². The lowest BCUT2D eigenvalue weighted by molar-refractivity contribution is -0.110. The van der Waals surface area contributed by atoms with E-state index in [9.17, 15) is 9.59 Å². The van der Waals surface area contributed by atoms with Crippen molar-refractivity contribution in [1.29, 1.82) is 0 Å². The van der Waals surface area contributed by atoms with Crippen molar-refractivity contribution < 1.29 is 23.2 Å². The molecule has 1 amide bonds. The van der Waals surface area contributed by atoms with E-state index in [2.05, 4.69) is 115 Å². The average molecular weight is 700 g/mol. The SMILES string of the molecule is CC(C)(C)[Si](C)(C)OC[C@H]1CC=C[C@@](CC=O)(CCCO[Si](c2ccccc2)(c2ccccc2)C(C)(C)C)N1C(=O)OCc1ccccc1. The summed E-state index contributed by atoms with van der Waals surface area (Å²) in [6.45, 7) is 19.0. The normalized spacial score (nSPS) is 18.7. The number of ether oxygens (including phenoxy) is 1. The van der Waals surface area contributed by atoms with E-state index in [1.807, 2.05) is 47.4 Å². The summed E-state index contributed by atoms with van der Waals surface area (Å²) in [5.74, 6) is 0.